The third kappa shape index (κ3) is 2.49. The van der Waals surface area contributed by atoms with Gasteiger partial charge < -0.3 is 15.5 Å². The van der Waals surface area contributed by atoms with E-state index in [1.165, 1.54) is 6.07 Å². The molecule has 0 radical (unpaired) electrons. The lowest BCUT2D eigenvalue weighted by Gasteiger charge is -2.08. The van der Waals surface area contributed by atoms with Crippen molar-refractivity contribution in [2.45, 2.75) is 6.54 Å². The van der Waals surface area contributed by atoms with Gasteiger partial charge in [0.25, 0.3) is 0 Å². The summed E-state index contributed by atoms with van der Waals surface area (Å²) in [7, 11) is 0. The number of pyridine rings is 1. The molecule has 0 saturated heterocycles. The summed E-state index contributed by atoms with van der Waals surface area (Å²) in [6.45, 7) is 0.569. The minimum Gasteiger partial charge on any atom is -0.504 e. The molecule has 0 aliphatic heterocycles. The SMILES string of the molecule is Oc1ccc(CNc2ccc3ncccc3c2)cc1O. The topological polar surface area (TPSA) is 65.4 Å². The first-order valence-electron chi connectivity index (χ1n) is 6.32. The second-order valence-electron chi connectivity index (χ2n) is 4.59. The highest BCUT2D eigenvalue weighted by atomic mass is 16.3. The number of hydrogen-bond donors (Lipinski definition) is 3. The number of fused-ring (bicyclic) bond motifs is 1. The lowest BCUT2D eigenvalue weighted by atomic mass is 10.1. The second kappa shape index (κ2) is 5.09. The fourth-order valence-electron chi connectivity index (χ4n) is 2.07. The Bertz CT molecular complexity index is 756. The van der Waals surface area contributed by atoms with Gasteiger partial charge in [-0.25, -0.2) is 0 Å². The van der Waals surface area contributed by atoms with E-state index < -0.39 is 0 Å². The van der Waals surface area contributed by atoms with E-state index in [0.717, 1.165) is 22.2 Å². The number of benzene rings is 2. The summed E-state index contributed by atoms with van der Waals surface area (Å²) in [6, 6.07) is 14.7. The van der Waals surface area contributed by atoms with E-state index >= 15 is 0 Å². The van der Waals surface area contributed by atoms with Crippen molar-refractivity contribution in [2.24, 2.45) is 0 Å². The Morgan fingerprint density at radius 3 is 2.70 bits per heavy atom. The molecule has 0 spiro atoms. The number of rotatable bonds is 3. The zero-order valence-corrected chi connectivity index (χ0v) is 10.7. The zero-order valence-electron chi connectivity index (χ0n) is 10.7. The van der Waals surface area contributed by atoms with Gasteiger partial charge in [-0.3, -0.25) is 4.98 Å². The van der Waals surface area contributed by atoms with Gasteiger partial charge in [0, 0.05) is 23.8 Å². The molecule has 3 aromatic rings. The highest BCUT2D eigenvalue weighted by Crippen LogP contribution is 2.25. The molecule has 0 unspecified atom stereocenters. The molecular weight excluding hydrogens is 252 g/mol. The van der Waals surface area contributed by atoms with Crippen LogP contribution >= 0.6 is 0 Å². The van der Waals surface area contributed by atoms with Crippen LogP contribution in [-0.2, 0) is 6.54 Å². The lowest BCUT2D eigenvalue weighted by Crippen LogP contribution is -1.99. The number of nitrogens with zero attached hydrogens (tertiary/aromatic N) is 1. The number of aromatic hydroxyl groups is 2. The van der Waals surface area contributed by atoms with Crippen LogP contribution in [-0.4, -0.2) is 15.2 Å². The smallest absolute Gasteiger partial charge is 0.157 e. The first-order valence-corrected chi connectivity index (χ1v) is 6.32. The van der Waals surface area contributed by atoms with Crippen molar-refractivity contribution in [1.82, 2.24) is 4.98 Å². The summed E-state index contributed by atoms with van der Waals surface area (Å²) < 4.78 is 0. The van der Waals surface area contributed by atoms with Crippen molar-refractivity contribution in [3.05, 3.63) is 60.3 Å². The van der Waals surface area contributed by atoms with E-state index in [2.05, 4.69) is 10.3 Å². The Labute approximate surface area is 116 Å². The van der Waals surface area contributed by atoms with E-state index in [9.17, 15) is 10.2 Å². The van der Waals surface area contributed by atoms with Gasteiger partial charge in [-0.05, 0) is 42.0 Å². The first-order chi connectivity index (χ1) is 9.72. The average molecular weight is 266 g/mol. The lowest BCUT2D eigenvalue weighted by molar-refractivity contribution is 0.403. The van der Waals surface area contributed by atoms with E-state index in [1.807, 2.05) is 30.3 Å². The van der Waals surface area contributed by atoms with Crippen molar-refractivity contribution in [3.63, 3.8) is 0 Å². The van der Waals surface area contributed by atoms with Crippen LogP contribution in [0.25, 0.3) is 10.9 Å². The molecule has 0 bridgehead atoms. The number of aromatic nitrogens is 1. The number of nitrogens with one attached hydrogen (secondary N) is 1. The molecule has 3 rings (SSSR count). The quantitative estimate of drug-likeness (QED) is 0.637. The van der Waals surface area contributed by atoms with Crippen LogP contribution in [0.2, 0.25) is 0 Å². The van der Waals surface area contributed by atoms with Gasteiger partial charge >= 0.3 is 0 Å². The summed E-state index contributed by atoms with van der Waals surface area (Å²) in [4.78, 5) is 4.27. The molecule has 100 valence electrons. The normalized spacial score (nSPS) is 10.6. The highest BCUT2D eigenvalue weighted by Gasteiger charge is 2.01. The number of anilines is 1. The van der Waals surface area contributed by atoms with Crippen LogP contribution in [0.1, 0.15) is 5.56 Å². The molecule has 20 heavy (non-hydrogen) atoms. The molecule has 1 aromatic heterocycles. The third-order valence-electron chi connectivity index (χ3n) is 3.14. The van der Waals surface area contributed by atoms with E-state index in [0.29, 0.717) is 6.54 Å². The van der Waals surface area contributed by atoms with Crippen LogP contribution < -0.4 is 5.32 Å². The molecular formula is C16H14N2O2. The number of phenolic OH excluding ortho intramolecular Hbond substituents is 2. The van der Waals surface area contributed by atoms with Gasteiger partial charge in [-0.2, -0.15) is 0 Å². The van der Waals surface area contributed by atoms with E-state index in [-0.39, 0.29) is 11.5 Å². The van der Waals surface area contributed by atoms with Crippen LogP contribution in [0.5, 0.6) is 11.5 Å². The molecule has 4 nitrogen and oxygen atoms in total. The fourth-order valence-corrected chi connectivity index (χ4v) is 2.07. The zero-order chi connectivity index (χ0) is 13.9. The molecule has 3 N–H and O–H groups in total. The molecule has 0 aliphatic carbocycles. The minimum atomic E-state index is -0.106. The van der Waals surface area contributed by atoms with Crippen LogP contribution in [0, 0.1) is 0 Å². The standard InChI is InChI=1S/C16H14N2O2/c19-15-6-3-11(8-16(15)20)10-18-13-4-5-14-12(9-13)2-1-7-17-14/h1-9,18-20H,10H2. The van der Waals surface area contributed by atoms with Gasteiger partial charge in [0.2, 0.25) is 0 Å². The van der Waals surface area contributed by atoms with Gasteiger partial charge in [-0.1, -0.05) is 12.1 Å². The molecule has 1 heterocycles. The van der Waals surface area contributed by atoms with Crippen molar-refractivity contribution < 1.29 is 10.2 Å². The van der Waals surface area contributed by atoms with Crippen molar-refractivity contribution in [2.75, 3.05) is 5.32 Å². The van der Waals surface area contributed by atoms with E-state index in [4.69, 9.17) is 0 Å². The largest absolute Gasteiger partial charge is 0.504 e. The maximum absolute atomic E-state index is 9.45. The van der Waals surface area contributed by atoms with Gasteiger partial charge in [-0.15, -0.1) is 0 Å². The predicted octanol–water partition coefficient (Wildman–Crippen LogP) is 3.26. The molecule has 0 amide bonds. The summed E-state index contributed by atoms with van der Waals surface area (Å²) in [5.74, 6) is -0.211. The van der Waals surface area contributed by atoms with Gasteiger partial charge in [0.1, 0.15) is 0 Å². The minimum absolute atomic E-state index is 0.105. The second-order valence-corrected chi connectivity index (χ2v) is 4.59. The van der Waals surface area contributed by atoms with Gasteiger partial charge in [0.15, 0.2) is 11.5 Å². The van der Waals surface area contributed by atoms with Crippen LogP contribution in [0.3, 0.4) is 0 Å². The highest BCUT2D eigenvalue weighted by molar-refractivity contribution is 5.82. The Balaban J connectivity index is 1.77. The molecule has 0 aliphatic rings. The Morgan fingerprint density at radius 2 is 1.85 bits per heavy atom. The Morgan fingerprint density at radius 1 is 0.950 bits per heavy atom. The fraction of sp³-hybridized carbons (Fsp3) is 0.0625. The maximum atomic E-state index is 9.45. The summed E-state index contributed by atoms with van der Waals surface area (Å²) in [6.07, 6.45) is 1.77. The van der Waals surface area contributed by atoms with Crippen molar-refractivity contribution in [1.29, 1.82) is 0 Å². The van der Waals surface area contributed by atoms with E-state index in [1.54, 1.807) is 18.3 Å². The average Bonchev–Trinajstić information content (AvgIpc) is 2.48. The van der Waals surface area contributed by atoms with Crippen molar-refractivity contribution >= 4 is 16.6 Å². The third-order valence-corrected chi connectivity index (χ3v) is 3.14. The Hall–Kier alpha value is -2.75. The molecule has 0 atom stereocenters. The van der Waals surface area contributed by atoms with Crippen LogP contribution in [0.4, 0.5) is 5.69 Å². The number of phenols is 2. The summed E-state index contributed by atoms with van der Waals surface area (Å²) in [5, 5.41) is 23.1. The van der Waals surface area contributed by atoms with Crippen LogP contribution in [0.15, 0.2) is 54.7 Å². The molecule has 0 saturated carbocycles. The molecule has 4 heteroatoms. The summed E-state index contributed by atoms with van der Waals surface area (Å²) >= 11 is 0. The predicted molar refractivity (Wildman–Crippen MR) is 78.8 cm³/mol. The van der Waals surface area contributed by atoms with Crippen molar-refractivity contribution in [3.8, 4) is 11.5 Å². The maximum Gasteiger partial charge on any atom is 0.157 e. The first kappa shape index (κ1) is 12.3. The molecule has 2 aromatic carbocycles. The molecule has 0 fully saturated rings. The summed E-state index contributed by atoms with van der Waals surface area (Å²) in [5.41, 5.74) is 2.84. The monoisotopic (exact) mass is 266 g/mol. The van der Waals surface area contributed by atoms with Gasteiger partial charge in [0.05, 0.1) is 5.52 Å². The number of hydrogen-bond acceptors (Lipinski definition) is 4. The Kier molecular flexibility index (Phi) is 3.13.